The van der Waals surface area contributed by atoms with Crippen LogP contribution in [0, 0.1) is 11.3 Å². The van der Waals surface area contributed by atoms with Crippen molar-refractivity contribution in [2.75, 3.05) is 7.11 Å². The fourth-order valence-electron chi connectivity index (χ4n) is 2.08. The van der Waals surface area contributed by atoms with Crippen molar-refractivity contribution in [2.45, 2.75) is 39.2 Å². The van der Waals surface area contributed by atoms with Gasteiger partial charge in [0.1, 0.15) is 0 Å². The second kappa shape index (κ2) is 7.28. The quantitative estimate of drug-likeness (QED) is 0.524. The van der Waals surface area contributed by atoms with Gasteiger partial charge in [0.2, 0.25) is 0 Å². The molecular weight excluding hydrogens is 216 g/mol. The molecule has 0 rings (SSSR count). The fourth-order valence-corrected chi connectivity index (χ4v) is 2.08. The van der Waals surface area contributed by atoms with Crippen LogP contribution < -0.4 is 0 Å². The predicted octanol–water partition coefficient (Wildman–Crippen LogP) is 2.71. The number of esters is 1. The normalized spacial score (nSPS) is 14.8. The van der Waals surface area contributed by atoms with E-state index in [0.29, 0.717) is 19.3 Å². The number of ether oxygens (including phenoxy) is 1. The molecule has 0 radical (unpaired) electrons. The maximum Gasteiger partial charge on any atom is 0.311 e. The first kappa shape index (κ1) is 15.9. The molecule has 0 amide bonds. The van der Waals surface area contributed by atoms with E-state index in [9.17, 15) is 9.90 Å². The molecular formula is C14H24O3. The lowest BCUT2D eigenvalue weighted by Crippen LogP contribution is -2.40. The number of carbonyl (C=O) groups excluding carboxylic acids is 1. The molecule has 98 valence electrons. The first-order valence-corrected chi connectivity index (χ1v) is 5.88. The summed E-state index contributed by atoms with van der Waals surface area (Å²) in [6, 6.07) is 0. The number of hydrogen-bond acceptors (Lipinski definition) is 3. The van der Waals surface area contributed by atoms with E-state index in [1.54, 1.807) is 12.2 Å². The Bertz CT molecular complexity index is 269. The molecule has 0 bridgehead atoms. The maximum atomic E-state index is 11.8. The molecule has 0 fully saturated rings. The van der Waals surface area contributed by atoms with E-state index in [4.69, 9.17) is 4.74 Å². The van der Waals surface area contributed by atoms with E-state index < -0.39 is 12.0 Å². The van der Waals surface area contributed by atoms with Gasteiger partial charge in [-0.3, -0.25) is 4.79 Å². The third-order valence-electron chi connectivity index (χ3n) is 3.02. The molecule has 0 aromatic carbocycles. The second-order valence-corrected chi connectivity index (χ2v) is 4.92. The Kier molecular flexibility index (Phi) is 6.81. The lowest BCUT2D eigenvalue weighted by molar-refractivity contribution is -0.155. The predicted molar refractivity (Wildman–Crippen MR) is 69.5 cm³/mol. The third-order valence-corrected chi connectivity index (χ3v) is 3.02. The highest BCUT2D eigenvalue weighted by Gasteiger charge is 2.40. The molecule has 3 nitrogen and oxygen atoms in total. The number of allylic oxidation sites excluding steroid dienone is 2. The highest BCUT2D eigenvalue weighted by molar-refractivity contribution is 5.74. The van der Waals surface area contributed by atoms with Crippen molar-refractivity contribution in [3.05, 3.63) is 25.3 Å². The average molecular weight is 240 g/mol. The molecule has 17 heavy (non-hydrogen) atoms. The van der Waals surface area contributed by atoms with Gasteiger partial charge in [-0.2, -0.15) is 0 Å². The van der Waals surface area contributed by atoms with Crippen LogP contribution in [0.1, 0.15) is 33.1 Å². The molecule has 0 saturated carbocycles. The summed E-state index contributed by atoms with van der Waals surface area (Å²) in [6.45, 7) is 11.2. The highest BCUT2D eigenvalue weighted by atomic mass is 16.5. The topological polar surface area (TPSA) is 46.5 Å². The van der Waals surface area contributed by atoms with Crippen LogP contribution in [0.25, 0.3) is 0 Å². The molecule has 1 N–H and O–H groups in total. The Balaban J connectivity index is 4.91. The maximum absolute atomic E-state index is 11.8. The van der Waals surface area contributed by atoms with Crippen molar-refractivity contribution in [1.29, 1.82) is 0 Å². The number of carbonyl (C=O) groups is 1. The van der Waals surface area contributed by atoms with Crippen LogP contribution in [0.15, 0.2) is 25.3 Å². The molecule has 0 aliphatic carbocycles. The van der Waals surface area contributed by atoms with Gasteiger partial charge in [-0.05, 0) is 24.7 Å². The minimum absolute atomic E-state index is 0.366. The molecule has 0 aliphatic rings. The van der Waals surface area contributed by atoms with Crippen LogP contribution in [0.5, 0.6) is 0 Å². The Morgan fingerprint density at radius 3 is 2.41 bits per heavy atom. The zero-order valence-electron chi connectivity index (χ0n) is 11.1. The van der Waals surface area contributed by atoms with Crippen molar-refractivity contribution >= 4 is 5.97 Å². The van der Waals surface area contributed by atoms with Crippen molar-refractivity contribution < 1.29 is 14.6 Å². The highest BCUT2D eigenvalue weighted by Crippen LogP contribution is 2.35. The second-order valence-electron chi connectivity index (χ2n) is 4.92. The van der Waals surface area contributed by atoms with E-state index in [1.807, 2.05) is 13.8 Å². The minimum Gasteiger partial charge on any atom is -0.469 e. The van der Waals surface area contributed by atoms with Gasteiger partial charge in [-0.25, -0.2) is 0 Å². The molecule has 3 heteroatoms. The number of aliphatic hydroxyl groups is 1. The Labute approximate surface area is 104 Å². The van der Waals surface area contributed by atoms with Gasteiger partial charge in [-0.15, -0.1) is 13.2 Å². The SMILES string of the molecule is C=CCCC(O)C(C(=O)OC)C(C)(C)CC=C. The standard InChI is InChI=1S/C14H24O3/c1-6-8-9-11(15)12(13(16)17-5)14(3,4)10-7-2/h6-7,11-12,15H,1-2,8-10H2,3-5H3. The molecule has 0 aromatic rings. The minimum atomic E-state index is -0.713. The molecule has 0 aliphatic heterocycles. The summed E-state index contributed by atoms with van der Waals surface area (Å²) in [5, 5.41) is 10.1. The molecule has 0 spiro atoms. The van der Waals surface area contributed by atoms with Gasteiger partial charge in [0.25, 0.3) is 0 Å². The van der Waals surface area contributed by atoms with E-state index >= 15 is 0 Å². The van der Waals surface area contributed by atoms with Gasteiger partial charge in [0, 0.05) is 0 Å². The van der Waals surface area contributed by atoms with Crippen LogP contribution in [-0.4, -0.2) is 24.3 Å². The van der Waals surface area contributed by atoms with Crippen LogP contribution >= 0.6 is 0 Å². The molecule has 2 atom stereocenters. The average Bonchev–Trinajstić information content (AvgIpc) is 2.25. The molecule has 2 unspecified atom stereocenters. The Morgan fingerprint density at radius 2 is 2.00 bits per heavy atom. The van der Waals surface area contributed by atoms with Crippen LogP contribution in [0.2, 0.25) is 0 Å². The largest absolute Gasteiger partial charge is 0.469 e. The summed E-state index contributed by atoms with van der Waals surface area (Å²) in [6.07, 6.45) is 4.63. The van der Waals surface area contributed by atoms with Gasteiger partial charge in [-0.1, -0.05) is 26.0 Å². The zero-order chi connectivity index (χ0) is 13.5. The number of hydrogen-bond donors (Lipinski definition) is 1. The molecule has 0 aromatic heterocycles. The number of methoxy groups -OCH3 is 1. The molecule has 0 saturated heterocycles. The van der Waals surface area contributed by atoms with Gasteiger partial charge in [0.15, 0.2) is 0 Å². The summed E-state index contributed by atoms with van der Waals surface area (Å²) < 4.78 is 4.79. The van der Waals surface area contributed by atoms with Crippen molar-refractivity contribution in [1.82, 2.24) is 0 Å². The van der Waals surface area contributed by atoms with E-state index in [1.165, 1.54) is 7.11 Å². The first-order chi connectivity index (χ1) is 7.90. The van der Waals surface area contributed by atoms with E-state index in [-0.39, 0.29) is 11.4 Å². The number of aliphatic hydroxyl groups excluding tert-OH is 1. The van der Waals surface area contributed by atoms with Crippen molar-refractivity contribution in [3.63, 3.8) is 0 Å². The summed E-state index contributed by atoms with van der Waals surface area (Å²) in [5.41, 5.74) is -0.366. The molecule has 0 heterocycles. The summed E-state index contributed by atoms with van der Waals surface area (Å²) in [7, 11) is 1.35. The lowest BCUT2D eigenvalue weighted by Gasteiger charge is -2.34. The zero-order valence-corrected chi connectivity index (χ0v) is 11.1. The summed E-state index contributed by atoms with van der Waals surface area (Å²) in [5.74, 6) is -0.904. The first-order valence-electron chi connectivity index (χ1n) is 5.88. The Morgan fingerprint density at radius 1 is 1.41 bits per heavy atom. The monoisotopic (exact) mass is 240 g/mol. The summed E-state index contributed by atoms with van der Waals surface area (Å²) in [4.78, 5) is 11.8. The van der Waals surface area contributed by atoms with Gasteiger partial charge < -0.3 is 9.84 Å². The smallest absolute Gasteiger partial charge is 0.311 e. The van der Waals surface area contributed by atoms with Crippen molar-refractivity contribution in [3.8, 4) is 0 Å². The van der Waals surface area contributed by atoms with Crippen LogP contribution in [0.4, 0.5) is 0 Å². The van der Waals surface area contributed by atoms with Gasteiger partial charge in [0.05, 0.1) is 19.1 Å². The van der Waals surface area contributed by atoms with Gasteiger partial charge >= 0.3 is 5.97 Å². The Hall–Kier alpha value is -1.09. The van der Waals surface area contributed by atoms with E-state index in [2.05, 4.69) is 13.2 Å². The fraction of sp³-hybridized carbons (Fsp3) is 0.643. The van der Waals surface area contributed by atoms with Crippen LogP contribution in [-0.2, 0) is 9.53 Å². The van der Waals surface area contributed by atoms with Crippen LogP contribution in [0.3, 0.4) is 0 Å². The van der Waals surface area contributed by atoms with E-state index in [0.717, 1.165) is 0 Å². The summed E-state index contributed by atoms with van der Waals surface area (Å²) >= 11 is 0. The van der Waals surface area contributed by atoms with Crippen molar-refractivity contribution in [2.24, 2.45) is 11.3 Å². The lowest BCUT2D eigenvalue weighted by atomic mass is 9.72. The third kappa shape index (κ3) is 4.73. The number of rotatable bonds is 8.